The summed E-state index contributed by atoms with van der Waals surface area (Å²) in [5.74, 6) is -0.133. The number of rotatable bonds is 8. The van der Waals surface area contributed by atoms with E-state index in [0.717, 1.165) is 18.8 Å². The Hall–Kier alpha value is -3.75. The molecule has 2 N–H and O–H groups in total. The standard InChI is InChI=1S/C23H27N3O6/c1-3-26(4-2)17-11-9-16(10-12-17)22(28)31-15-21(27)25-23(29)24-13-18-14-30-19-7-5-6-8-20(19)32-18/h5-12,18H,3-4,13-15H2,1-2H3,(H2,24,25,27,29). The second-order valence-corrected chi connectivity index (χ2v) is 7.05. The summed E-state index contributed by atoms with van der Waals surface area (Å²) in [6, 6.07) is 13.5. The van der Waals surface area contributed by atoms with Gasteiger partial charge in [0, 0.05) is 18.8 Å². The fourth-order valence-electron chi connectivity index (χ4n) is 3.19. The van der Waals surface area contributed by atoms with Crippen molar-refractivity contribution in [2.75, 3.05) is 37.7 Å². The Morgan fingerprint density at radius 1 is 1.03 bits per heavy atom. The summed E-state index contributed by atoms with van der Waals surface area (Å²) in [6.07, 6.45) is -0.386. The molecule has 9 nitrogen and oxygen atoms in total. The molecule has 1 aliphatic heterocycles. The highest BCUT2D eigenvalue weighted by atomic mass is 16.6. The number of fused-ring (bicyclic) bond motifs is 1. The highest BCUT2D eigenvalue weighted by Crippen LogP contribution is 2.30. The average Bonchev–Trinajstić information content (AvgIpc) is 2.82. The Bertz CT molecular complexity index is 943. The van der Waals surface area contributed by atoms with Crippen LogP contribution in [0.1, 0.15) is 24.2 Å². The lowest BCUT2D eigenvalue weighted by Crippen LogP contribution is -2.46. The summed E-state index contributed by atoms with van der Waals surface area (Å²) < 4.78 is 16.3. The molecule has 2 aromatic rings. The van der Waals surface area contributed by atoms with Crippen molar-refractivity contribution in [2.45, 2.75) is 20.0 Å². The molecule has 1 aliphatic rings. The van der Waals surface area contributed by atoms with Crippen LogP contribution in [-0.4, -0.2) is 56.9 Å². The third kappa shape index (κ3) is 6.13. The fraction of sp³-hybridized carbons (Fsp3) is 0.348. The molecule has 0 aromatic heterocycles. The minimum absolute atomic E-state index is 0.145. The number of hydrogen-bond donors (Lipinski definition) is 2. The zero-order valence-corrected chi connectivity index (χ0v) is 18.1. The van der Waals surface area contributed by atoms with E-state index in [9.17, 15) is 14.4 Å². The maximum Gasteiger partial charge on any atom is 0.338 e. The SMILES string of the molecule is CCN(CC)c1ccc(C(=O)OCC(=O)NC(=O)NCC2COc3ccccc3O2)cc1. The summed E-state index contributed by atoms with van der Waals surface area (Å²) in [6.45, 7) is 5.67. The predicted molar refractivity (Wildman–Crippen MR) is 118 cm³/mol. The zero-order valence-electron chi connectivity index (χ0n) is 18.1. The van der Waals surface area contributed by atoms with E-state index in [0.29, 0.717) is 17.1 Å². The molecule has 9 heteroatoms. The Labute approximate surface area is 186 Å². The first-order chi connectivity index (χ1) is 15.5. The first-order valence-corrected chi connectivity index (χ1v) is 10.5. The predicted octanol–water partition coefficient (Wildman–Crippen LogP) is 2.36. The quantitative estimate of drug-likeness (QED) is 0.606. The molecule has 0 radical (unpaired) electrons. The molecule has 0 fully saturated rings. The van der Waals surface area contributed by atoms with Crippen LogP contribution >= 0.6 is 0 Å². The molecular formula is C23H27N3O6. The lowest BCUT2D eigenvalue weighted by atomic mass is 10.2. The van der Waals surface area contributed by atoms with E-state index in [2.05, 4.69) is 29.4 Å². The van der Waals surface area contributed by atoms with Gasteiger partial charge in [0.1, 0.15) is 6.61 Å². The molecule has 0 spiro atoms. The monoisotopic (exact) mass is 441 g/mol. The van der Waals surface area contributed by atoms with Gasteiger partial charge in [0.25, 0.3) is 5.91 Å². The molecule has 1 atom stereocenters. The molecule has 0 bridgehead atoms. The average molecular weight is 441 g/mol. The Balaban J connectivity index is 1.38. The first-order valence-electron chi connectivity index (χ1n) is 10.5. The molecule has 0 aliphatic carbocycles. The number of para-hydroxylation sites is 2. The summed E-state index contributed by atoms with van der Waals surface area (Å²) >= 11 is 0. The smallest absolute Gasteiger partial charge is 0.338 e. The zero-order chi connectivity index (χ0) is 22.9. The molecule has 0 saturated heterocycles. The first kappa shape index (κ1) is 22.9. The van der Waals surface area contributed by atoms with Gasteiger partial charge in [-0.15, -0.1) is 0 Å². The molecule has 0 saturated carbocycles. The van der Waals surface area contributed by atoms with E-state index < -0.39 is 24.5 Å². The Morgan fingerprint density at radius 3 is 2.41 bits per heavy atom. The van der Waals surface area contributed by atoms with E-state index in [1.807, 2.05) is 24.3 Å². The van der Waals surface area contributed by atoms with Crippen LogP contribution in [0.3, 0.4) is 0 Å². The van der Waals surface area contributed by atoms with Gasteiger partial charge >= 0.3 is 12.0 Å². The molecule has 1 unspecified atom stereocenters. The molecule has 2 aromatic carbocycles. The Morgan fingerprint density at radius 2 is 1.72 bits per heavy atom. The van der Waals surface area contributed by atoms with Crippen LogP contribution in [0.25, 0.3) is 0 Å². The lowest BCUT2D eigenvalue weighted by Gasteiger charge is -2.26. The van der Waals surface area contributed by atoms with Crippen LogP contribution in [0, 0.1) is 0 Å². The number of benzene rings is 2. The van der Waals surface area contributed by atoms with Crippen LogP contribution in [0.4, 0.5) is 10.5 Å². The van der Waals surface area contributed by atoms with Gasteiger partial charge in [0.05, 0.1) is 12.1 Å². The van der Waals surface area contributed by atoms with Crippen molar-refractivity contribution in [1.29, 1.82) is 0 Å². The van der Waals surface area contributed by atoms with Crippen molar-refractivity contribution < 1.29 is 28.6 Å². The third-order valence-electron chi connectivity index (χ3n) is 4.88. The largest absolute Gasteiger partial charge is 0.486 e. The number of carbonyl (C=O) groups is 3. The van der Waals surface area contributed by atoms with E-state index >= 15 is 0 Å². The number of imide groups is 1. The Kier molecular flexibility index (Phi) is 7.91. The van der Waals surface area contributed by atoms with E-state index in [-0.39, 0.29) is 19.3 Å². The number of hydrogen-bond acceptors (Lipinski definition) is 7. The van der Waals surface area contributed by atoms with Crippen molar-refractivity contribution in [3.05, 3.63) is 54.1 Å². The number of esters is 1. The van der Waals surface area contributed by atoms with Gasteiger partial charge in [-0.2, -0.15) is 0 Å². The van der Waals surface area contributed by atoms with Crippen molar-refractivity contribution >= 4 is 23.6 Å². The van der Waals surface area contributed by atoms with Crippen LogP contribution < -0.4 is 25.0 Å². The summed E-state index contributed by atoms with van der Waals surface area (Å²) in [4.78, 5) is 38.1. The minimum atomic E-state index is -0.734. The molecule has 32 heavy (non-hydrogen) atoms. The molecular weight excluding hydrogens is 414 g/mol. The number of amides is 3. The van der Waals surface area contributed by atoms with E-state index in [1.54, 1.807) is 24.3 Å². The summed E-state index contributed by atoms with van der Waals surface area (Å²) in [7, 11) is 0. The van der Waals surface area contributed by atoms with Crippen LogP contribution in [0.15, 0.2) is 48.5 Å². The number of ether oxygens (including phenoxy) is 3. The summed E-state index contributed by atoms with van der Waals surface area (Å²) in [5.41, 5.74) is 1.32. The fourth-order valence-corrected chi connectivity index (χ4v) is 3.19. The van der Waals surface area contributed by atoms with Gasteiger partial charge in [0.15, 0.2) is 24.2 Å². The van der Waals surface area contributed by atoms with Crippen molar-refractivity contribution in [1.82, 2.24) is 10.6 Å². The summed E-state index contributed by atoms with van der Waals surface area (Å²) in [5, 5.41) is 4.66. The lowest BCUT2D eigenvalue weighted by molar-refractivity contribution is -0.123. The van der Waals surface area contributed by atoms with Gasteiger partial charge in [-0.3, -0.25) is 10.1 Å². The third-order valence-corrected chi connectivity index (χ3v) is 4.88. The van der Waals surface area contributed by atoms with Crippen molar-refractivity contribution in [2.24, 2.45) is 0 Å². The maximum atomic E-state index is 12.1. The van der Waals surface area contributed by atoms with Crippen molar-refractivity contribution in [3.63, 3.8) is 0 Å². The van der Waals surface area contributed by atoms with Crippen molar-refractivity contribution in [3.8, 4) is 11.5 Å². The number of nitrogens with zero attached hydrogens (tertiary/aromatic N) is 1. The highest BCUT2D eigenvalue weighted by Gasteiger charge is 2.21. The molecule has 3 rings (SSSR count). The highest BCUT2D eigenvalue weighted by molar-refractivity contribution is 5.97. The van der Waals surface area contributed by atoms with Crippen LogP contribution in [0.2, 0.25) is 0 Å². The molecule has 1 heterocycles. The van der Waals surface area contributed by atoms with Crippen LogP contribution in [0.5, 0.6) is 11.5 Å². The van der Waals surface area contributed by atoms with Gasteiger partial charge in [0.2, 0.25) is 0 Å². The normalized spacial score (nSPS) is 14.2. The van der Waals surface area contributed by atoms with Gasteiger partial charge in [-0.1, -0.05) is 12.1 Å². The maximum absolute atomic E-state index is 12.1. The van der Waals surface area contributed by atoms with Gasteiger partial charge < -0.3 is 24.4 Å². The molecule has 170 valence electrons. The van der Waals surface area contributed by atoms with E-state index in [4.69, 9.17) is 14.2 Å². The second-order valence-electron chi connectivity index (χ2n) is 7.05. The van der Waals surface area contributed by atoms with Crippen LogP contribution in [-0.2, 0) is 9.53 Å². The number of nitrogens with one attached hydrogen (secondary N) is 2. The topological polar surface area (TPSA) is 106 Å². The van der Waals surface area contributed by atoms with Gasteiger partial charge in [-0.25, -0.2) is 9.59 Å². The second kappa shape index (κ2) is 11.0. The number of anilines is 1. The van der Waals surface area contributed by atoms with Gasteiger partial charge in [-0.05, 0) is 50.2 Å². The molecule has 3 amide bonds. The number of urea groups is 1. The van der Waals surface area contributed by atoms with E-state index in [1.165, 1.54) is 0 Å². The minimum Gasteiger partial charge on any atom is -0.486 e. The number of carbonyl (C=O) groups excluding carboxylic acids is 3.